The van der Waals surface area contributed by atoms with Crippen molar-refractivity contribution in [3.05, 3.63) is 0 Å². The third kappa shape index (κ3) is 2.34. The van der Waals surface area contributed by atoms with Gasteiger partial charge in [0.25, 0.3) is 0 Å². The molecule has 1 aliphatic heterocycles. The Morgan fingerprint density at radius 2 is 1.71 bits per heavy atom. The summed E-state index contributed by atoms with van der Waals surface area (Å²) in [6.45, 7) is 1.96. The van der Waals surface area contributed by atoms with Crippen LogP contribution in [0.25, 0.3) is 0 Å². The highest BCUT2D eigenvalue weighted by atomic mass is 16.3. The molecule has 1 saturated carbocycles. The van der Waals surface area contributed by atoms with Gasteiger partial charge in [-0.15, -0.1) is 0 Å². The molecule has 3 nitrogen and oxygen atoms in total. The molecule has 0 spiro atoms. The number of aliphatic hydroxyl groups is 1. The first kappa shape index (κ1) is 12.9. The lowest BCUT2D eigenvalue weighted by Gasteiger charge is -2.44. The van der Waals surface area contributed by atoms with E-state index in [-0.39, 0.29) is 0 Å². The van der Waals surface area contributed by atoms with E-state index in [0.717, 1.165) is 58.0 Å². The lowest BCUT2D eigenvalue weighted by atomic mass is 9.61. The minimum Gasteiger partial charge on any atom is -0.388 e. The van der Waals surface area contributed by atoms with Gasteiger partial charge in [0.1, 0.15) is 0 Å². The molecule has 1 heterocycles. The van der Waals surface area contributed by atoms with E-state index in [4.69, 9.17) is 0 Å². The smallest absolute Gasteiger partial charge is 0.0860 e. The number of nitriles is 1. The lowest BCUT2D eigenvalue weighted by molar-refractivity contribution is -0.0822. The Kier molecular flexibility index (Phi) is 3.75. The Labute approximate surface area is 104 Å². The molecule has 2 fully saturated rings. The maximum atomic E-state index is 11.0. The fourth-order valence-corrected chi connectivity index (χ4v) is 3.57. The molecule has 3 heteroatoms. The van der Waals surface area contributed by atoms with Crippen LogP contribution < -0.4 is 0 Å². The zero-order valence-electron chi connectivity index (χ0n) is 10.9. The van der Waals surface area contributed by atoms with Crippen LogP contribution >= 0.6 is 0 Å². The van der Waals surface area contributed by atoms with Gasteiger partial charge in [0.2, 0.25) is 0 Å². The molecular formula is C14H24N2O. The highest BCUT2D eigenvalue weighted by Gasteiger charge is 2.50. The summed E-state index contributed by atoms with van der Waals surface area (Å²) in [4.78, 5) is 2.27. The summed E-state index contributed by atoms with van der Waals surface area (Å²) in [5.74, 6) is 0. The molecule has 0 radical (unpaired) electrons. The largest absolute Gasteiger partial charge is 0.388 e. The summed E-state index contributed by atoms with van der Waals surface area (Å²) < 4.78 is 0. The van der Waals surface area contributed by atoms with E-state index in [2.05, 4.69) is 18.0 Å². The SMILES string of the molecule is CN1CCCC(O)(C2(C#N)CCCCC2)CC1. The molecule has 0 aromatic carbocycles. The Morgan fingerprint density at radius 3 is 2.35 bits per heavy atom. The highest BCUT2D eigenvalue weighted by Crippen LogP contribution is 2.48. The van der Waals surface area contributed by atoms with Crippen molar-refractivity contribution < 1.29 is 5.11 Å². The summed E-state index contributed by atoms with van der Waals surface area (Å²) >= 11 is 0. The van der Waals surface area contributed by atoms with Crippen LogP contribution in [0.15, 0.2) is 0 Å². The van der Waals surface area contributed by atoms with Crippen molar-refractivity contribution in [1.82, 2.24) is 4.90 Å². The first-order valence-corrected chi connectivity index (χ1v) is 6.94. The van der Waals surface area contributed by atoms with E-state index in [1.807, 2.05) is 0 Å². The summed E-state index contributed by atoms with van der Waals surface area (Å²) in [5.41, 5.74) is -1.20. The normalized spacial score (nSPS) is 34.9. The van der Waals surface area contributed by atoms with Crippen LogP contribution in [-0.4, -0.2) is 35.7 Å². The molecule has 0 aromatic rings. The Balaban J connectivity index is 2.19. The molecule has 96 valence electrons. The maximum absolute atomic E-state index is 11.0. The Morgan fingerprint density at radius 1 is 1.00 bits per heavy atom. The van der Waals surface area contributed by atoms with E-state index >= 15 is 0 Å². The predicted octanol–water partition coefficient (Wildman–Crippen LogP) is 2.31. The molecule has 1 saturated heterocycles. The zero-order valence-corrected chi connectivity index (χ0v) is 10.9. The minimum absolute atomic E-state index is 0.462. The van der Waals surface area contributed by atoms with Crippen molar-refractivity contribution in [2.75, 3.05) is 20.1 Å². The molecule has 2 rings (SSSR count). The van der Waals surface area contributed by atoms with Gasteiger partial charge in [0.05, 0.1) is 17.1 Å². The number of nitrogens with zero attached hydrogens (tertiary/aromatic N) is 2. The fourth-order valence-electron chi connectivity index (χ4n) is 3.57. The monoisotopic (exact) mass is 236 g/mol. The molecule has 1 N–H and O–H groups in total. The van der Waals surface area contributed by atoms with Gasteiger partial charge in [0, 0.05) is 6.54 Å². The van der Waals surface area contributed by atoms with Crippen molar-refractivity contribution >= 4 is 0 Å². The number of likely N-dealkylation sites (tertiary alicyclic amines) is 1. The van der Waals surface area contributed by atoms with Gasteiger partial charge in [-0.2, -0.15) is 5.26 Å². The van der Waals surface area contributed by atoms with E-state index in [0.29, 0.717) is 0 Å². The van der Waals surface area contributed by atoms with Crippen molar-refractivity contribution in [2.45, 2.75) is 57.0 Å². The van der Waals surface area contributed by atoms with E-state index in [1.54, 1.807) is 0 Å². The molecule has 17 heavy (non-hydrogen) atoms. The predicted molar refractivity (Wildman–Crippen MR) is 67.4 cm³/mol. The molecular weight excluding hydrogens is 212 g/mol. The van der Waals surface area contributed by atoms with Crippen molar-refractivity contribution in [3.8, 4) is 6.07 Å². The van der Waals surface area contributed by atoms with Gasteiger partial charge in [0.15, 0.2) is 0 Å². The second-order valence-electron chi connectivity index (χ2n) is 5.94. The standard InChI is InChI=1S/C14H24N2O/c1-16-10-5-8-14(17,9-11-16)13(12-15)6-3-2-4-7-13/h17H,2-11H2,1H3. The molecule has 1 aliphatic carbocycles. The minimum atomic E-state index is -0.743. The highest BCUT2D eigenvalue weighted by molar-refractivity contribution is 5.13. The second kappa shape index (κ2) is 4.96. The number of hydrogen-bond acceptors (Lipinski definition) is 3. The van der Waals surface area contributed by atoms with Crippen molar-refractivity contribution in [3.63, 3.8) is 0 Å². The van der Waals surface area contributed by atoms with E-state index in [1.165, 1.54) is 6.42 Å². The van der Waals surface area contributed by atoms with Gasteiger partial charge >= 0.3 is 0 Å². The number of hydrogen-bond donors (Lipinski definition) is 1. The van der Waals surface area contributed by atoms with Gasteiger partial charge in [-0.1, -0.05) is 19.3 Å². The fraction of sp³-hybridized carbons (Fsp3) is 0.929. The maximum Gasteiger partial charge on any atom is 0.0860 e. The molecule has 0 amide bonds. The van der Waals surface area contributed by atoms with Crippen molar-refractivity contribution in [2.24, 2.45) is 5.41 Å². The first-order chi connectivity index (χ1) is 8.12. The second-order valence-corrected chi connectivity index (χ2v) is 5.94. The first-order valence-electron chi connectivity index (χ1n) is 6.94. The average molecular weight is 236 g/mol. The summed E-state index contributed by atoms with van der Waals surface area (Å²) in [5, 5.41) is 20.6. The molecule has 0 bridgehead atoms. The van der Waals surface area contributed by atoms with Gasteiger partial charge in [-0.05, 0) is 45.7 Å². The summed E-state index contributed by atoms with van der Waals surface area (Å²) in [7, 11) is 2.10. The molecule has 1 unspecified atom stereocenters. The average Bonchev–Trinajstić information content (AvgIpc) is 2.53. The van der Waals surface area contributed by atoms with Crippen LogP contribution in [0, 0.1) is 16.7 Å². The Bertz CT molecular complexity index is 304. The summed E-state index contributed by atoms with van der Waals surface area (Å²) in [6, 6.07) is 2.50. The molecule has 1 atom stereocenters. The third-order valence-electron chi connectivity index (χ3n) is 4.85. The molecule has 0 aromatic heterocycles. The van der Waals surface area contributed by atoms with Crippen LogP contribution in [0.5, 0.6) is 0 Å². The van der Waals surface area contributed by atoms with Crippen LogP contribution in [0.1, 0.15) is 51.4 Å². The van der Waals surface area contributed by atoms with Gasteiger partial charge < -0.3 is 10.0 Å². The van der Waals surface area contributed by atoms with Gasteiger partial charge in [-0.25, -0.2) is 0 Å². The van der Waals surface area contributed by atoms with Crippen LogP contribution in [0.2, 0.25) is 0 Å². The quantitative estimate of drug-likeness (QED) is 0.760. The summed E-state index contributed by atoms with van der Waals surface area (Å²) in [6.07, 6.45) is 7.78. The van der Waals surface area contributed by atoms with E-state index in [9.17, 15) is 10.4 Å². The van der Waals surface area contributed by atoms with Gasteiger partial charge in [-0.3, -0.25) is 0 Å². The molecule has 2 aliphatic rings. The zero-order chi connectivity index (χ0) is 12.4. The Hall–Kier alpha value is -0.590. The van der Waals surface area contributed by atoms with Crippen LogP contribution in [-0.2, 0) is 0 Å². The number of rotatable bonds is 1. The van der Waals surface area contributed by atoms with Crippen molar-refractivity contribution in [1.29, 1.82) is 5.26 Å². The van der Waals surface area contributed by atoms with E-state index < -0.39 is 11.0 Å². The topological polar surface area (TPSA) is 47.3 Å². The van der Waals surface area contributed by atoms with Crippen LogP contribution in [0.4, 0.5) is 0 Å². The van der Waals surface area contributed by atoms with Crippen LogP contribution in [0.3, 0.4) is 0 Å². The lowest BCUT2D eigenvalue weighted by Crippen LogP contribution is -2.49. The third-order valence-corrected chi connectivity index (χ3v) is 4.85.